The van der Waals surface area contributed by atoms with Gasteiger partial charge in [-0.2, -0.15) is 0 Å². The van der Waals surface area contributed by atoms with Crippen LogP contribution in [0.5, 0.6) is 0 Å². The molecule has 0 aromatic carbocycles. The zero-order chi connectivity index (χ0) is 15.9. The van der Waals surface area contributed by atoms with Gasteiger partial charge >= 0.3 is 6.09 Å². The summed E-state index contributed by atoms with van der Waals surface area (Å²) in [5.41, 5.74) is -0.459. The normalized spacial score (nSPS) is 18.6. The van der Waals surface area contributed by atoms with Crippen molar-refractivity contribution in [1.82, 2.24) is 4.90 Å². The number of hydrogen-bond acceptors (Lipinski definition) is 3. The predicted octanol–water partition coefficient (Wildman–Crippen LogP) is 4.37. The van der Waals surface area contributed by atoms with Gasteiger partial charge in [0.2, 0.25) is 0 Å². The summed E-state index contributed by atoms with van der Waals surface area (Å²) in [4.78, 5) is 13.9. The van der Waals surface area contributed by atoms with Crippen LogP contribution in [0.1, 0.15) is 73.1 Å². The molecule has 1 heterocycles. The summed E-state index contributed by atoms with van der Waals surface area (Å²) in [6, 6.07) is 0. The van der Waals surface area contributed by atoms with Crippen LogP contribution in [0.25, 0.3) is 0 Å². The fraction of sp³-hybridized carbons (Fsp3) is 0.941. The van der Waals surface area contributed by atoms with Crippen molar-refractivity contribution in [3.63, 3.8) is 0 Å². The molecular formula is C17H33NO3. The Morgan fingerprint density at radius 2 is 1.76 bits per heavy atom. The molecule has 0 atom stereocenters. The Morgan fingerprint density at radius 1 is 1.14 bits per heavy atom. The second kappa shape index (κ2) is 8.02. The number of ether oxygens (including phenoxy) is 2. The van der Waals surface area contributed by atoms with Crippen molar-refractivity contribution in [3.05, 3.63) is 0 Å². The van der Waals surface area contributed by atoms with Crippen molar-refractivity contribution in [2.24, 2.45) is 0 Å². The van der Waals surface area contributed by atoms with Gasteiger partial charge < -0.3 is 14.4 Å². The van der Waals surface area contributed by atoms with E-state index < -0.39 is 5.60 Å². The van der Waals surface area contributed by atoms with Crippen molar-refractivity contribution in [2.45, 2.75) is 84.3 Å². The second-order valence-corrected chi connectivity index (χ2v) is 7.06. The number of nitrogens with zero attached hydrogens (tertiary/aromatic N) is 1. The zero-order valence-electron chi connectivity index (χ0n) is 14.5. The van der Waals surface area contributed by atoms with Gasteiger partial charge in [0.1, 0.15) is 5.60 Å². The molecule has 0 aromatic rings. The lowest BCUT2D eigenvalue weighted by Gasteiger charge is -2.41. The number of unbranched alkanes of at least 4 members (excludes halogenated alkanes) is 2. The maximum atomic E-state index is 12.1. The molecule has 1 aliphatic heterocycles. The van der Waals surface area contributed by atoms with E-state index in [0.29, 0.717) is 0 Å². The van der Waals surface area contributed by atoms with E-state index in [9.17, 15) is 4.79 Å². The lowest BCUT2D eigenvalue weighted by atomic mass is 9.88. The second-order valence-electron chi connectivity index (χ2n) is 7.06. The van der Waals surface area contributed by atoms with Crippen LogP contribution in [0.2, 0.25) is 0 Å². The van der Waals surface area contributed by atoms with Crippen LogP contribution >= 0.6 is 0 Å². The molecule has 1 amide bonds. The number of hydrogen-bond donors (Lipinski definition) is 0. The molecule has 1 rings (SSSR count). The first-order valence-corrected chi connectivity index (χ1v) is 8.44. The summed E-state index contributed by atoms with van der Waals surface area (Å²) >= 11 is 0. The van der Waals surface area contributed by atoms with Crippen LogP contribution in [0.15, 0.2) is 0 Å². The highest BCUT2D eigenvalue weighted by molar-refractivity contribution is 5.68. The third-order valence-electron chi connectivity index (χ3n) is 4.13. The largest absolute Gasteiger partial charge is 0.444 e. The molecule has 1 fully saturated rings. The van der Waals surface area contributed by atoms with Gasteiger partial charge in [-0.05, 0) is 46.5 Å². The molecular weight excluding hydrogens is 266 g/mol. The highest BCUT2D eigenvalue weighted by Crippen LogP contribution is 2.30. The van der Waals surface area contributed by atoms with Crippen molar-refractivity contribution in [2.75, 3.05) is 19.7 Å². The Bertz CT molecular complexity index is 314. The van der Waals surface area contributed by atoms with Gasteiger partial charge in [-0.1, -0.05) is 26.7 Å². The van der Waals surface area contributed by atoms with E-state index in [2.05, 4.69) is 13.8 Å². The number of carbonyl (C=O) groups excluding carboxylic acids is 1. The minimum absolute atomic E-state index is 0.0355. The van der Waals surface area contributed by atoms with E-state index in [0.717, 1.165) is 45.4 Å². The van der Waals surface area contributed by atoms with Gasteiger partial charge in [-0.25, -0.2) is 4.79 Å². The van der Waals surface area contributed by atoms with E-state index in [1.807, 2.05) is 25.7 Å². The van der Waals surface area contributed by atoms with Crippen LogP contribution < -0.4 is 0 Å². The van der Waals surface area contributed by atoms with Crippen LogP contribution in [-0.4, -0.2) is 41.9 Å². The standard InChI is InChI=1S/C17H33NO3/c1-6-8-9-14-20-17(7-2)10-12-18(13-11-17)15(19)21-16(3,4)5/h6-14H2,1-5H3. The van der Waals surface area contributed by atoms with Crippen LogP contribution in [-0.2, 0) is 9.47 Å². The molecule has 0 N–H and O–H groups in total. The summed E-state index contributed by atoms with van der Waals surface area (Å²) in [5, 5.41) is 0. The predicted molar refractivity (Wildman–Crippen MR) is 85.5 cm³/mol. The zero-order valence-corrected chi connectivity index (χ0v) is 14.5. The first-order valence-electron chi connectivity index (χ1n) is 8.44. The van der Waals surface area contributed by atoms with Crippen molar-refractivity contribution in [1.29, 1.82) is 0 Å². The molecule has 0 aliphatic carbocycles. The molecule has 0 aromatic heterocycles. The van der Waals surface area contributed by atoms with Crippen LogP contribution in [0, 0.1) is 0 Å². The smallest absolute Gasteiger partial charge is 0.410 e. The van der Waals surface area contributed by atoms with Gasteiger partial charge in [0.05, 0.1) is 5.60 Å². The molecule has 1 aliphatic rings. The number of likely N-dealkylation sites (tertiary alicyclic amines) is 1. The van der Waals surface area contributed by atoms with Gasteiger partial charge in [-0.15, -0.1) is 0 Å². The average Bonchev–Trinajstić information content (AvgIpc) is 2.42. The molecule has 124 valence electrons. The molecule has 0 saturated carbocycles. The number of carbonyl (C=O) groups is 1. The fourth-order valence-electron chi connectivity index (χ4n) is 2.66. The van der Waals surface area contributed by atoms with Gasteiger partial charge in [0.15, 0.2) is 0 Å². The summed E-state index contributed by atoms with van der Waals surface area (Å²) in [6.45, 7) is 12.4. The summed E-state index contributed by atoms with van der Waals surface area (Å²) in [6.07, 6.45) is 6.22. The maximum absolute atomic E-state index is 12.1. The average molecular weight is 299 g/mol. The monoisotopic (exact) mass is 299 g/mol. The van der Waals surface area contributed by atoms with Gasteiger partial charge in [-0.3, -0.25) is 0 Å². The van der Waals surface area contributed by atoms with E-state index in [4.69, 9.17) is 9.47 Å². The molecule has 21 heavy (non-hydrogen) atoms. The Morgan fingerprint density at radius 3 is 2.24 bits per heavy atom. The Labute approximate surface area is 130 Å². The van der Waals surface area contributed by atoms with E-state index >= 15 is 0 Å². The highest BCUT2D eigenvalue weighted by Gasteiger charge is 2.36. The molecule has 0 radical (unpaired) electrons. The third kappa shape index (κ3) is 6.25. The van der Waals surface area contributed by atoms with E-state index in [1.165, 1.54) is 12.8 Å². The third-order valence-corrected chi connectivity index (χ3v) is 4.13. The van der Waals surface area contributed by atoms with Crippen molar-refractivity contribution in [3.8, 4) is 0 Å². The Kier molecular flexibility index (Phi) is 6.98. The summed E-state index contributed by atoms with van der Waals surface area (Å²) in [5.74, 6) is 0. The van der Waals surface area contributed by atoms with Gasteiger partial charge in [0, 0.05) is 19.7 Å². The highest BCUT2D eigenvalue weighted by atomic mass is 16.6. The summed E-state index contributed by atoms with van der Waals surface area (Å²) < 4.78 is 11.6. The first kappa shape index (κ1) is 18.3. The van der Waals surface area contributed by atoms with Crippen LogP contribution in [0.4, 0.5) is 4.79 Å². The van der Waals surface area contributed by atoms with Crippen molar-refractivity contribution < 1.29 is 14.3 Å². The minimum atomic E-state index is -0.424. The summed E-state index contributed by atoms with van der Waals surface area (Å²) in [7, 11) is 0. The molecule has 0 spiro atoms. The first-order chi connectivity index (χ1) is 9.82. The quantitative estimate of drug-likeness (QED) is 0.683. The minimum Gasteiger partial charge on any atom is -0.444 e. The van der Waals surface area contributed by atoms with E-state index in [1.54, 1.807) is 0 Å². The fourth-order valence-corrected chi connectivity index (χ4v) is 2.66. The molecule has 1 saturated heterocycles. The number of piperidine rings is 1. The van der Waals surface area contributed by atoms with Gasteiger partial charge in [0.25, 0.3) is 0 Å². The van der Waals surface area contributed by atoms with Crippen molar-refractivity contribution >= 4 is 6.09 Å². The lowest BCUT2D eigenvalue weighted by Crippen LogP contribution is -2.49. The lowest BCUT2D eigenvalue weighted by molar-refractivity contribution is -0.0876. The van der Waals surface area contributed by atoms with E-state index in [-0.39, 0.29) is 11.7 Å². The molecule has 4 heteroatoms. The Hall–Kier alpha value is -0.770. The SMILES string of the molecule is CCCCCOC1(CC)CCN(C(=O)OC(C)(C)C)CC1. The maximum Gasteiger partial charge on any atom is 0.410 e. The molecule has 4 nitrogen and oxygen atoms in total. The number of amides is 1. The van der Waals surface area contributed by atoms with Crippen LogP contribution in [0.3, 0.4) is 0 Å². The Balaban J connectivity index is 2.42. The topological polar surface area (TPSA) is 38.8 Å². The molecule has 0 unspecified atom stereocenters. The molecule has 0 bridgehead atoms. The number of rotatable bonds is 6.